The van der Waals surface area contributed by atoms with Gasteiger partial charge in [-0.25, -0.2) is 13.6 Å². The van der Waals surface area contributed by atoms with Crippen molar-refractivity contribution in [2.24, 2.45) is 5.73 Å². The Morgan fingerprint density at radius 3 is 2.68 bits per heavy atom. The second-order valence-electron chi connectivity index (χ2n) is 3.48. The molecule has 0 aromatic heterocycles. The van der Waals surface area contributed by atoms with Gasteiger partial charge in [-0.15, -0.1) is 12.4 Å². The van der Waals surface area contributed by atoms with Gasteiger partial charge in [-0.2, -0.15) is 0 Å². The van der Waals surface area contributed by atoms with Crippen molar-refractivity contribution < 1.29 is 23.4 Å². The van der Waals surface area contributed by atoms with Gasteiger partial charge in [0.15, 0.2) is 0 Å². The van der Waals surface area contributed by atoms with Crippen molar-refractivity contribution in [2.45, 2.75) is 19.1 Å². The van der Waals surface area contributed by atoms with Crippen molar-refractivity contribution in [2.75, 3.05) is 6.61 Å². The molecule has 0 bridgehead atoms. The summed E-state index contributed by atoms with van der Waals surface area (Å²) in [4.78, 5) is 11.2. The standard InChI is InChI=1S/C11H12BrF2NO3.ClH/c1-2-18-11(17)8(14)9(15)5-3-4-6(13)7(12)10(5)16;/h3-4,8-9,16H,2,15H2,1H3;1H/t8?,9-;/m0./s1. The summed E-state index contributed by atoms with van der Waals surface area (Å²) in [6.45, 7) is 1.55. The lowest BCUT2D eigenvalue weighted by molar-refractivity contribution is -0.149. The number of esters is 1. The molecule has 108 valence electrons. The number of ether oxygens (including phenoxy) is 1. The highest BCUT2D eigenvalue weighted by Gasteiger charge is 2.30. The smallest absolute Gasteiger partial charge is 0.342 e. The molecule has 1 aromatic carbocycles. The third-order valence-corrected chi connectivity index (χ3v) is 3.04. The molecule has 1 unspecified atom stereocenters. The van der Waals surface area contributed by atoms with Crippen molar-refractivity contribution >= 4 is 34.3 Å². The summed E-state index contributed by atoms with van der Waals surface area (Å²) in [5.74, 6) is -2.37. The summed E-state index contributed by atoms with van der Waals surface area (Å²) in [7, 11) is 0. The molecule has 1 rings (SSSR count). The van der Waals surface area contributed by atoms with Crippen LogP contribution in [-0.2, 0) is 9.53 Å². The quantitative estimate of drug-likeness (QED) is 0.810. The molecule has 0 aliphatic heterocycles. The molecule has 0 spiro atoms. The van der Waals surface area contributed by atoms with E-state index in [1.807, 2.05) is 0 Å². The minimum Gasteiger partial charge on any atom is -0.506 e. The topological polar surface area (TPSA) is 72.5 Å². The van der Waals surface area contributed by atoms with E-state index in [1.54, 1.807) is 0 Å². The first kappa shape index (κ1) is 18.1. The van der Waals surface area contributed by atoms with Crippen LogP contribution in [0.5, 0.6) is 5.75 Å². The van der Waals surface area contributed by atoms with E-state index >= 15 is 0 Å². The van der Waals surface area contributed by atoms with Gasteiger partial charge in [-0.1, -0.05) is 6.07 Å². The molecule has 0 radical (unpaired) electrons. The van der Waals surface area contributed by atoms with Crippen molar-refractivity contribution in [1.82, 2.24) is 0 Å². The molecule has 0 saturated heterocycles. The first-order chi connectivity index (χ1) is 8.40. The Kier molecular flexibility index (Phi) is 7.25. The fraction of sp³-hybridized carbons (Fsp3) is 0.364. The Morgan fingerprint density at radius 1 is 1.58 bits per heavy atom. The van der Waals surface area contributed by atoms with Gasteiger partial charge in [0.1, 0.15) is 11.6 Å². The fourth-order valence-electron chi connectivity index (χ4n) is 1.35. The molecule has 2 atom stereocenters. The molecule has 8 heteroatoms. The van der Waals surface area contributed by atoms with Gasteiger partial charge >= 0.3 is 5.97 Å². The molecule has 0 saturated carbocycles. The zero-order valence-corrected chi connectivity index (χ0v) is 12.3. The van der Waals surface area contributed by atoms with Crippen LogP contribution >= 0.6 is 28.3 Å². The maximum absolute atomic E-state index is 13.7. The van der Waals surface area contributed by atoms with E-state index in [9.17, 15) is 18.7 Å². The van der Waals surface area contributed by atoms with E-state index < -0.39 is 29.7 Å². The normalized spacial score (nSPS) is 13.3. The average Bonchev–Trinajstić information content (AvgIpc) is 2.35. The van der Waals surface area contributed by atoms with Gasteiger partial charge in [0.05, 0.1) is 17.1 Å². The summed E-state index contributed by atoms with van der Waals surface area (Å²) in [6.07, 6.45) is -2.13. The summed E-state index contributed by atoms with van der Waals surface area (Å²) in [6, 6.07) is 0.698. The lowest BCUT2D eigenvalue weighted by Crippen LogP contribution is -2.31. The number of phenolic OH excluding ortho intramolecular Hbond substituents is 1. The summed E-state index contributed by atoms with van der Waals surface area (Å²) in [5, 5.41) is 9.62. The number of halogens is 4. The highest BCUT2D eigenvalue weighted by molar-refractivity contribution is 9.10. The third kappa shape index (κ3) is 4.02. The second kappa shape index (κ2) is 7.62. The van der Waals surface area contributed by atoms with Crippen LogP contribution in [0.15, 0.2) is 16.6 Å². The Balaban J connectivity index is 0.00000324. The molecule has 3 N–H and O–H groups in total. The van der Waals surface area contributed by atoms with Crippen LogP contribution in [0.25, 0.3) is 0 Å². The number of nitrogens with two attached hydrogens (primary N) is 1. The SMILES string of the molecule is CCOC(=O)C(F)[C@@H](N)c1ccc(F)c(Br)c1O.Cl. The van der Waals surface area contributed by atoms with Crippen LogP contribution < -0.4 is 5.73 Å². The lowest BCUT2D eigenvalue weighted by Gasteiger charge is -2.17. The van der Waals surface area contributed by atoms with Gasteiger partial charge in [0, 0.05) is 5.56 Å². The summed E-state index contributed by atoms with van der Waals surface area (Å²) < 4.78 is 31.0. The van der Waals surface area contributed by atoms with Crippen molar-refractivity contribution in [1.29, 1.82) is 0 Å². The zero-order valence-electron chi connectivity index (χ0n) is 9.90. The predicted octanol–water partition coefficient (Wildman–Crippen LogP) is 2.62. The van der Waals surface area contributed by atoms with Crippen molar-refractivity contribution in [3.63, 3.8) is 0 Å². The van der Waals surface area contributed by atoms with E-state index in [0.717, 1.165) is 12.1 Å². The second-order valence-corrected chi connectivity index (χ2v) is 4.27. The average molecular weight is 361 g/mol. The summed E-state index contributed by atoms with van der Waals surface area (Å²) in [5.41, 5.74) is 5.43. The Bertz CT molecular complexity index is 462. The van der Waals surface area contributed by atoms with Gasteiger partial charge in [0.2, 0.25) is 6.17 Å². The van der Waals surface area contributed by atoms with E-state index in [-0.39, 0.29) is 29.1 Å². The number of hydrogen-bond donors (Lipinski definition) is 2. The Labute approximate surface area is 123 Å². The van der Waals surface area contributed by atoms with Gasteiger partial charge < -0.3 is 15.6 Å². The Morgan fingerprint density at radius 2 is 2.16 bits per heavy atom. The van der Waals surface area contributed by atoms with E-state index in [4.69, 9.17) is 5.73 Å². The number of carbonyl (C=O) groups excluding carboxylic acids is 1. The predicted molar refractivity (Wildman–Crippen MR) is 71.5 cm³/mol. The van der Waals surface area contributed by atoms with Gasteiger partial charge in [0.25, 0.3) is 0 Å². The van der Waals surface area contributed by atoms with Crippen LogP contribution in [0.1, 0.15) is 18.5 Å². The molecular weight excluding hydrogens is 347 g/mol. The highest BCUT2D eigenvalue weighted by atomic mass is 79.9. The maximum Gasteiger partial charge on any atom is 0.342 e. The van der Waals surface area contributed by atoms with Crippen LogP contribution in [-0.4, -0.2) is 23.9 Å². The summed E-state index contributed by atoms with van der Waals surface area (Å²) >= 11 is 2.80. The number of rotatable bonds is 4. The van der Waals surface area contributed by atoms with Crippen LogP contribution in [0, 0.1) is 5.82 Å². The first-order valence-corrected chi connectivity index (χ1v) is 5.92. The van der Waals surface area contributed by atoms with Gasteiger partial charge in [-0.3, -0.25) is 0 Å². The van der Waals surface area contributed by atoms with E-state index in [1.165, 1.54) is 6.92 Å². The zero-order chi connectivity index (χ0) is 13.9. The third-order valence-electron chi connectivity index (χ3n) is 2.29. The van der Waals surface area contributed by atoms with E-state index in [0.29, 0.717) is 0 Å². The van der Waals surface area contributed by atoms with Crippen molar-refractivity contribution in [3.8, 4) is 5.75 Å². The lowest BCUT2D eigenvalue weighted by atomic mass is 10.0. The molecule has 4 nitrogen and oxygen atoms in total. The van der Waals surface area contributed by atoms with Crippen LogP contribution in [0.4, 0.5) is 8.78 Å². The van der Waals surface area contributed by atoms with Crippen molar-refractivity contribution in [3.05, 3.63) is 28.0 Å². The molecule has 0 aliphatic carbocycles. The fourth-order valence-corrected chi connectivity index (χ4v) is 1.71. The molecule has 19 heavy (non-hydrogen) atoms. The van der Waals surface area contributed by atoms with E-state index in [2.05, 4.69) is 20.7 Å². The molecule has 0 heterocycles. The number of benzene rings is 1. The number of hydrogen-bond acceptors (Lipinski definition) is 4. The largest absolute Gasteiger partial charge is 0.506 e. The molecule has 1 aromatic rings. The number of aromatic hydroxyl groups is 1. The molecule has 0 fully saturated rings. The monoisotopic (exact) mass is 359 g/mol. The maximum atomic E-state index is 13.7. The van der Waals surface area contributed by atoms with Gasteiger partial charge in [-0.05, 0) is 28.9 Å². The number of phenols is 1. The number of carbonyl (C=O) groups is 1. The Hall–Kier alpha value is -0.920. The van der Waals surface area contributed by atoms with Crippen LogP contribution in [0.3, 0.4) is 0 Å². The number of alkyl halides is 1. The minimum atomic E-state index is -2.13. The van der Waals surface area contributed by atoms with Crippen LogP contribution in [0.2, 0.25) is 0 Å². The molecular formula is C11H13BrClF2NO3. The first-order valence-electron chi connectivity index (χ1n) is 5.13. The highest BCUT2D eigenvalue weighted by Crippen LogP contribution is 2.34. The molecule has 0 aliphatic rings. The molecule has 0 amide bonds. The minimum absolute atomic E-state index is 0.